The van der Waals surface area contributed by atoms with Gasteiger partial charge in [-0.05, 0) is 15.9 Å². The molecule has 7 heteroatoms. The van der Waals surface area contributed by atoms with Crippen LogP contribution in [0.2, 0.25) is 0 Å². The summed E-state index contributed by atoms with van der Waals surface area (Å²) in [6, 6.07) is 0. The van der Waals surface area contributed by atoms with Crippen molar-refractivity contribution in [1.82, 2.24) is 15.1 Å². The van der Waals surface area contributed by atoms with E-state index in [9.17, 15) is 8.42 Å². The Kier molecular flexibility index (Phi) is 4.75. The zero-order chi connectivity index (χ0) is 11.3. The van der Waals surface area contributed by atoms with Gasteiger partial charge in [0.1, 0.15) is 9.84 Å². The molecule has 0 fully saturated rings. The summed E-state index contributed by atoms with van der Waals surface area (Å²) in [6.07, 6.45) is 4.83. The van der Waals surface area contributed by atoms with E-state index in [0.717, 1.165) is 11.0 Å². The molecule has 0 saturated carbocycles. The number of hydrogen-bond acceptors (Lipinski definition) is 4. The number of nitrogens with zero attached hydrogens (tertiary/aromatic N) is 2. The van der Waals surface area contributed by atoms with Gasteiger partial charge in [0.2, 0.25) is 0 Å². The van der Waals surface area contributed by atoms with Gasteiger partial charge >= 0.3 is 0 Å². The largest absolute Gasteiger partial charge is 0.314 e. The molecule has 1 aromatic rings. The van der Waals surface area contributed by atoms with E-state index in [2.05, 4.69) is 26.3 Å². The minimum atomic E-state index is -2.86. The van der Waals surface area contributed by atoms with Gasteiger partial charge in [-0.25, -0.2) is 8.42 Å². The monoisotopic (exact) mass is 295 g/mol. The predicted octanol–water partition coefficient (Wildman–Crippen LogP) is 0.280. The quantitative estimate of drug-likeness (QED) is 0.766. The first-order valence-electron chi connectivity index (χ1n) is 4.54. The van der Waals surface area contributed by atoms with Crippen LogP contribution in [0.25, 0.3) is 0 Å². The van der Waals surface area contributed by atoms with Crippen molar-refractivity contribution in [1.29, 1.82) is 0 Å². The summed E-state index contributed by atoms with van der Waals surface area (Å²) in [4.78, 5) is 0. The molecule has 15 heavy (non-hydrogen) atoms. The zero-order valence-corrected chi connectivity index (χ0v) is 10.9. The first kappa shape index (κ1) is 12.7. The summed E-state index contributed by atoms with van der Waals surface area (Å²) in [5.41, 5.74) is 0. The summed E-state index contributed by atoms with van der Waals surface area (Å²) >= 11 is 3.30. The van der Waals surface area contributed by atoms with Crippen LogP contribution in [-0.2, 0) is 16.4 Å². The van der Waals surface area contributed by atoms with Gasteiger partial charge in [0, 0.05) is 25.5 Å². The fraction of sp³-hybridized carbons (Fsp3) is 0.625. The number of hydrogen-bond donors (Lipinski definition) is 1. The van der Waals surface area contributed by atoms with Crippen molar-refractivity contribution in [2.24, 2.45) is 0 Å². The van der Waals surface area contributed by atoms with Crippen LogP contribution >= 0.6 is 15.9 Å². The van der Waals surface area contributed by atoms with Crippen LogP contribution in [0.1, 0.15) is 0 Å². The SMILES string of the molecule is CS(=O)(=O)CCNCCn1cc(Br)cn1. The van der Waals surface area contributed by atoms with Crippen molar-refractivity contribution in [2.75, 3.05) is 25.1 Å². The van der Waals surface area contributed by atoms with Gasteiger partial charge in [0.15, 0.2) is 0 Å². The van der Waals surface area contributed by atoms with Crippen LogP contribution in [0, 0.1) is 0 Å². The predicted molar refractivity (Wildman–Crippen MR) is 62.5 cm³/mol. The second kappa shape index (κ2) is 5.62. The molecule has 5 nitrogen and oxygen atoms in total. The molecular weight excluding hydrogens is 282 g/mol. The topological polar surface area (TPSA) is 64.0 Å². The summed E-state index contributed by atoms with van der Waals surface area (Å²) in [5.74, 6) is 0.176. The Morgan fingerprint density at radius 1 is 1.53 bits per heavy atom. The van der Waals surface area contributed by atoms with E-state index >= 15 is 0 Å². The maximum absolute atomic E-state index is 10.8. The molecule has 0 atom stereocenters. The van der Waals surface area contributed by atoms with E-state index in [0.29, 0.717) is 13.1 Å². The van der Waals surface area contributed by atoms with Crippen LogP contribution in [0.15, 0.2) is 16.9 Å². The number of aromatic nitrogens is 2. The Morgan fingerprint density at radius 2 is 2.27 bits per heavy atom. The lowest BCUT2D eigenvalue weighted by Gasteiger charge is -2.03. The van der Waals surface area contributed by atoms with Crippen LogP contribution < -0.4 is 5.32 Å². The van der Waals surface area contributed by atoms with Gasteiger partial charge in [-0.15, -0.1) is 0 Å². The highest BCUT2D eigenvalue weighted by atomic mass is 79.9. The van der Waals surface area contributed by atoms with E-state index in [1.54, 1.807) is 10.9 Å². The second-order valence-corrected chi connectivity index (χ2v) is 6.48. The van der Waals surface area contributed by atoms with Crippen molar-refractivity contribution in [3.63, 3.8) is 0 Å². The highest BCUT2D eigenvalue weighted by Crippen LogP contribution is 2.05. The van der Waals surface area contributed by atoms with Gasteiger partial charge in [-0.3, -0.25) is 4.68 Å². The minimum Gasteiger partial charge on any atom is -0.314 e. The molecule has 1 rings (SSSR count). The lowest BCUT2D eigenvalue weighted by Crippen LogP contribution is -2.25. The highest BCUT2D eigenvalue weighted by molar-refractivity contribution is 9.10. The number of sulfone groups is 1. The Bertz CT molecular complexity index is 402. The van der Waals surface area contributed by atoms with E-state index < -0.39 is 9.84 Å². The van der Waals surface area contributed by atoms with E-state index in [1.165, 1.54) is 6.26 Å². The molecule has 0 aliphatic heterocycles. The van der Waals surface area contributed by atoms with Crippen LogP contribution in [-0.4, -0.2) is 43.3 Å². The van der Waals surface area contributed by atoms with Crippen molar-refractivity contribution >= 4 is 25.8 Å². The number of rotatable bonds is 6. The first-order chi connectivity index (χ1) is 6.97. The summed E-state index contributed by atoms with van der Waals surface area (Å²) in [7, 11) is -2.86. The Balaban J connectivity index is 2.12. The maximum Gasteiger partial charge on any atom is 0.148 e. The molecule has 0 radical (unpaired) electrons. The van der Waals surface area contributed by atoms with Crippen LogP contribution in [0.4, 0.5) is 0 Å². The third kappa shape index (κ3) is 5.91. The maximum atomic E-state index is 10.8. The molecule has 0 aliphatic rings. The molecule has 0 spiro atoms. The van der Waals surface area contributed by atoms with Gasteiger partial charge < -0.3 is 5.32 Å². The van der Waals surface area contributed by atoms with E-state index in [1.807, 2.05) is 6.20 Å². The van der Waals surface area contributed by atoms with Crippen molar-refractivity contribution in [3.05, 3.63) is 16.9 Å². The van der Waals surface area contributed by atoms with Gasteiger partial charge in [-0.2, -0.15) is 5.10 Å². The third-order valence-electron chi connectivity index (χ3n) is 1.77. The van der Waals surface area contributed by atoms with E-state index in [4.69, 9.17) is 0 Å². The molecule has 0 aromatic carbocycles. The van der Waals surface area contributed by atoms with Crippen LogP contribution in [0.3, 0.4) is 0 Å². The number of halogens is 1. The van der Waals surface area contributed by atoms with Crippen molar-refractivity contribution in [3.8, 4) is 0 Å². The molecule has 86 valence electrons. The zero-order valence-electron chi connectivity index (χ0n) is 8.48. The number of nitrogens with one attached hydrogen (secondary N) is 1. The van der Waals surface area contributed by atoms with Crippen LogP contribution in [0.5, 0.6) is 0 Å². The summed E-state index contributed by atoms with van der Waals surface area (Å²) < 4.78 is 24.3. The molecule has 0 amide bonds. The Morgan fingerprint density at radius 3 is 2.80 bits per heavy atom. The third-order valence-corrected chi connectivity index (χ3v) is 3.12. The molecule has 1 N–H and O–H groups in total. The first-order valence-corrected chi connectivity index (χ1v) is 7.39. The van der Waals surface area contributed by atoms with Crippen molar-refractivity contribution in [2.45, 2.75) is 6.54 Å². The fourth-order valence-corrected chi connectivity index (χ4v) is 1.88. The molecule has 0 unspecified atom stereocenters. The molecule has 1 aromatic heterocycles. The van der Waals surface area contributed by atoms with Gasteiger partial charge in [-0.1, -0.05) is 0 Å². The van der Waals surface area contributed by atoms with E-state index in [-0.39, 0.29) is 5.75 Å². The second-order valence-electron chi connectivity index (χ2n) is 3.30. The lowest BCUT2D eigenvalue weighted by atomic mass is 10.6. The molecule has 0 bridgehead atoms. The van der Waals surface area contributed by atoms with Gasteiger partial charge in [0.05, 0.1) is 23.0 Å². The van der Waals surface area contributed by atoms with Gasteiger partial charge in [0.25, 0.3) is 0 Å². The summed E-state index contributed by atoms with van der Waals surface area (Å²) in [6.45, 7) is 1.93. The average molecular weight is 296 g/mol. The van der Waals surface area contributed by atoms with Crippen molar-refractivity contribution < 1.29 is 8.42 Å². The molecular formula is C8H14BrN3O2S. The normalized spacial score (nSPS) is 11.9. The fourth-order valence-electron chi connectivity index (χ4n) is 1.04. The minimum absolute atomic E-state index is 0.176. The standard InChI is InChI=1S/C8H14BrN3O2S/c1-15(13,14)5-3-10-2-4-12-7-8(9)6-11-12/h6-7,10H,2-5H2,1H3. The molecule has 0 aliphatic carbocycles. The lowest BCUT2D eigenvalue weighted by molar-refractivity contribution is 0.559. The smallest absolute Gasteiger partial charge is 0.148 e. The highest BCUT2D eigenvalue weighted by Gasteiger charge is 2.00. The molecule has 1 heterocycles. The molecule has 0 saturated heterocycles. The Hall–Kier alpha value is -0.400. The Labute approximate surface area is 97.9 Å². The average Bonchev–Trinajstić information content (AvgIpc) is 2.49. The summed E-state index contributed by atoms with van der Waals surface area (Å²) in [5, 5.41) is 7.12.